The number of aromatic carboxylic acids is 1. The Kier molecular flexibility index (Phi) is 5.25. The van der Waals surface area contributed by atoms with Crippen molar-refractivity contribution < 1.29 is 19.1 Å². The van der Waals surface area contributed by atoms with Crippen LogP contribution in [0.3, 0.4) is 0 Å². The number of carboxylic acids is 1. The monoisotopic (exact) mass is 417 g/mol. The molecule has 0 bridgehead atoms. The van der Waals surface area contributed by atoms with E-state index in [1.54, 1.807) is 16.7 Å². The fourth-order valence-electron chi connectivity index (χ4n) is 3.78. The highest BCUT2D eigenvalue weighted by atomic mass is 19.1. The van der Waals surface area contributed by atoms with Crippen molar-refractivity contribution in [2.75, 3.05) is 0 Å². The van der Waals surface area contributed by atoms with E-state index in [0.717, 1.165) is 28.1 Å². The van der Waals surface area contributed by atoms with Gasteiger partial charge in [-0.3, -0.25) is 4.79 Å². The number of nitrogens with one attached hydrogen (secondary N) is 1. The summed E-state index contributed by atoms with van der Waals surface area (Å²) in [6.07, 6.45) is 4.05. The largest absolute Gasteiger partial charge is 0.478 e. The highest BCUT2D eigenvalue weighted by molar-refractivity contribution is 6.12. The van der Waals surface area contributed by atoms with Gasteiger partial charge in [-0.1, -0.05) is 12.1 Å². The number of aryl methyl sites for hydroxylation is 2. The second kappa shape index (κ2) is 8.02. The second-order valence-electron chi connectivity index (χ2n) is 7.35. The van der Waals surface area contributed by atoms with Crippen LogP contribution in [0.15, 0.2) is 59.7 Å². The molecule has 0 saturated carbocycles. The van der Waals surface area contributed by atoms with Crippen LogP contribution < -0.4 is 5.43 Å². The lowest BCUT2D eigenvalue weighted by Gasteiger charge is -2.14. The summed E-state index contributed by atoms with van der Waals surface area (Å²) in [4.78, 5) is 24.3. The first kappa shape index (κ1) is 20.3. The summed E-state index contributed by atoms with van der Waals surface area (Å²) in [5, 5.41) is 13.6. The number of aromatic nitrogens is 1. The molecule has 1 aliphatic rings. The van der Waals surface area contributed by atoms with Crippen LogP contribution in [-0.2, 0) is 6.42 Å². The molecule has 1 aliphatic carbocycles. The van der Waals surface area contributed by atoms with Gasteiger partial charge in [0.25, 0.3) is 5.91 Å². The normalized spacial score (nSPS) is 12.7. The molecule has 0 fully saturated rings. The van der Waals surface area contributed by atoms with Gasteiger partial charge in [-0.2, -0.15) is 5.10 Å². The topological polar surface area (TPSA) is 83.7 Å². The summed E-state index contributed by atoms with van der Waals surface area (Å²) in [7, 11) is 0. The number of allylic oxidation sites excluding steroid dienone is 2. The van der Waals surface area contributed by atoms with Crippen molar-refractivity contribution in [1.82, 2.24) is 9.99 Å². The Balaban J connectivity index is 1.57. The fraction of sp³-hybridized carbons (Fsp3) is 0.125. The van der Waals surface area contributed by atoms with E-state index in [1.807, 2.05) is 32.1 Å². The predicted octanol–water partition coefficient (Wildman–Crippen LogP) is 4.29. The Hall–Kier alpha value is -4.00. The van der Waals surface area contributed by atoms with Crippen molar-refractivity contribution in [3.8, 4) is 5.69 Å². The van der Waals surface area contributed by atoms with Crippen LogP contribution >= 0.6 is 0 Å². The van der Waals surface area contributed by atoms with Crippen LogP contribution in [0.1, 0.15) is 43.2 Å². The molecule has 2 aromatic carbocycles. The summed E-state index contributed by atoms with van der Waals surface area (Å²) in [5.74, 6) is -1.82. The lowest BCUT2D eigenvalue weighted by Crippen LogP contribution is -2.19. The molecule has 1 aromatic heterocycles. The third-order valence-corrected chi connectivity index (χ3v) is 5.29. The first-order chi connectivity index (χ1) is 14.8. The number of amides is 1. The van der Waals surface area contributed by atoms with Gasteiger partial charge >= 0.3 is 5.97 Å². The standard InChI is InChI=1S/C24H20FN3O3/c1-14-3-4-15(2)28(14)22-12-17(7-9-21(22)24(30)31)23(29)27-26-13-18-6-5-16-11-19(25)8-10-20(16)18/h3-4,6-13H,5H2,1-2H3,(H,27,29)(H,30,31)/b26-13+. The summed E-state index contributed by atoms with van der Waals surface area (Å²) < 4.78 is 15.1. The van der Waals surface area contributed by atoms with E-state index in [1.165, 1.54) is 30.5 Å². The van der Waals surface area contributed by atoms with Gasteiger partial charge < -0.3 is 9.67 Å². The van der Waals surface area contributed by atoms with Crippen molar-refractivity contribution >= 4 is 23.7 Å². The molecule has 1 heterocycles. The van der Waals surface area contributed by atoms with Gasteiger partial charge in [0.15, 0.2) is 0 Å². The van der Waals surface area contributed by atoms with Gasteiger partial charge in [-0.25, -0.2) is 14.6 Å². The van der Waals surface area contributed by atoms with Gasteiger partial charge in [0.05, 0.1) is 17.5 Å². The molecule has 0 unspecified atom stereocenters. The first-order valence-corrected chi connectivity index (χ1v) is 9.70. The van der Waals surface area contributed by atoms with Gasteiger partial charge in [0.1, 0.15) is 5.82 Å². The predicted molar refractivity (Wildman–Crippen MR) is 116 cm³/mol. The number of rotatable bonds is 5. The maximum absolute atomic E-state index is 13.3. The van der Waals surface area contributed by atoms with E-state index in [2.05, 4.69) is 10.5 Å². The van der Waals surface area contributed by atoms with Crippen molar-refractivity contribution in [1.29, 1.82) is 0 Å². The third-order valence-electron chi connectivity index (χ3n) is 5.29. The minimum absolute atomic E-state index is 0.0994. The Morgan fingerprint density at radius 1 is 1.10 bits per heavy atom. The van der Waals surface area contributed by atoms with Crippen LogP contribution in [0.4, 0.5) is 4.39 Å². The quantitative estimate of drug-likeness (QED) is 0.480. The summed E-state index contributed by atoms with van der Waals surface area (Å²) >= 11 is 0. The molecule has 2 N–H and O–H groups in total. The molecule has 0 atom stereocenters. The smallest absolute Gasteiger partial charge is 0.337 e. The van der Waals surface area contributed by atoms with Crippen LogP contribution in [0.2, 0.25) is 0 Å². The molecular weight excluding hydrogens is 397 g/mol. The molecule has 6 nitrogen and oxygen atoms in total. The van der Waals surface area contributed by atoms with Crippen molar-refractivity contribution in [3.05, 3.63) is 94.1 Å². The Morgan fingerprint density at radius 2 is 1.84 bits per heavy atom. The lowest BCUT2D eigenvalue weighted by atomic mass is 10.1. The number of hydrogen-bond acceptors (Lipinski definition) is 3. The molecule has 1 amide bonds. The molecule has 156 valence electrons. The highest BCUT2D eigenvalue weighted by Gasteiger charge is 2.18. The minimum Gasteiger partial charge on any atom is -0.478 e. The molecule has 0 aliphatic heterocycles. The molecule has 3 aromatic rings. The number of benzene rings is 2. The van der Waals surface area contributed by atoms with E-state index < -0.39 is 11.9 Å². The molecule has 7 heteroatoms. The average Bonchev–Trinajstić information content (AvgIpc) is 3.29. The summed E-state index contributed by atoms with van der Waals surface area (Å²) in [6, 6.07) is 12.8. The second-order valence-corrected chi connectivity index (χ2v) is 7.35. The minimum atomic E-state index is -1.07. The molecule has 31 heavy (non-hydrogen) atoms. The van der Waals surface area contributed by atoms with Crippen LogP contribution in [-0.4, -0.2) is 27.8 Å². The van der Waals surface area contributed by atoms with Crippen molar-refractivity contribution in [3.63, 3.8) is 0 Å². The summed E-state index contributed by atoms with van der Waals surface area (Å²) in [6.45, 7) is 3.74. The van der Waals surface area contributed by atoms with E-state index in [0.29, 0.717) is 12.1 Å². The van der Waals surface area contributed by atoms with E-state index in [4.69, 9.17) is 0 Å². The number of halogens is 1. The van der Waals surface area contributed by atoms with Crippen LogP contribution in [0.5, 0.6) is 0 Å². The Morgan fingerprint density at radius 3 is 2.55 bits per heavy atom. The van der Waals surface area contributed by atoms with Gasteiger partial charge in [0, 0.05) is 17.0 Å². The SMILES string of the molecule is Cc1ccc(C)n1-c1cc(C(=O)N/N=C/C2=CCc3cc(F)ccc32)ccc1C(=O)O. The van der Waals surface area contributed by atoms with Crippen LogP contribution in [0, 0.1) is 19.7 Å². The molecular formula is C24H20FN3O3. The highest BCUT2D eigenvalue weighted by Crippen LogP contribution is 2.26. The van der Waals surface area contributed by atoms with Gasteiger partial charge in [0.2, 0.25) is 0 Å². The molecule has 0 radical (unpaired) electrons. The Bertz CT molecular complexity index is 1250. The zero-order valence-corrected chi connectivity index (χ0v) is 17.0. The van der Waals surface area contributed by atoms with E-state index in [-0.39, 0.29) is 16.9 Å². The number of carbonyl (C=O) groups is 2. The fourth-order valence-corrected chi connectivity index (χ4v) is 3.78. The summed E-state index contributed by atoms with van der Waals surface area (Å²) in [5.41, 5.74) is 7.55. The Labute approximate surface area is 178 Å². The number of fused-ring (bicyclic) bond motifs is 1. The molecule has 4 rings (SSSR count). The number of hydrazone groups is 1. The average molecular weight is 417 g/mol. The lowest BCUT2D eigenvalue weighted by molar-refractivity contribution is 0.0696. The van der Waals surface area contributed by atoms with Crippen molar-refractivity contribution in [2.45, 2.75) is 20.3 Å². The van der Waals surface area contributed by atoms with Crippen LogP contribution in [0.25, 0.3) is 11.3 Å². The number of hydrogen-bond donors (Lipinski definition) is 2. The number of carbonyl (C=O) groups excluding carboxylic acids is 1. The number of carboxylic acid groups (broad SMARTS) is 1. The maximum atomic E-state index is 13.3. The van der Waals surface area contributed by atoms with E-state index >= 15 is 0 Å². The van der Waals surface area contributed by atoms with Gasteiger partial charge in [-0.05, 0) is 79.4 Å². The molecule has 0 spiro atoms. The van der Waals surface area contributed by atoms with Crippen molar-refractivity contribution in [2.24, 2.45) is 5.10 Å². The van der Waals surface area contributed by atoms with Gasteiger partial charge in [-0.15, -0.1) is 0 Å². The first-order valence-electron chi connectivity index (χ1n) is 9.70. The zero-order valence-electron chi connectivity index (χ0n) is 17.0. The maximum Gasteiger partial charge on any atom is 0.337 e. The third kappa shape index (κ3) is 3.90. The van der Waals surface area contributed by atoms with E-state index in [9.17, 15) is 19.1 Å². The number of nitrogens with zero attached hydrogens (tertiary/aromatic N) is 2. The molecule has 0 saturated heterocycles. The zero-order chi connectivity index (χ0) is 22.1.